The number of nitrogens with zero attached hydrogens (tertiary/aromatic N) is 2. The van der Waals surface area contributed by atoms with E-state index >= 15 is 0 Å². The maximum atomic E-state index is 9.75. The minimum Gasteiger partial charge on any atom is -0.493 e. The van der Waals surface area contributed by atoms with E-state index in [2.05, 4.69) is 46.4 Å². The number of nitriles is 1. The molecule has 5 nitrogen and oxygen atoms in total. The Kier molecular flexibility index (Phi) is 5.72. The van der Waals surface area contributed by atoms with Crippen LogP contribution in [-0.2, 0) is 6.61 Å². The third kappa shape index (κ3) is 4.35. The third-order valence-electron chi connectivity index (χ3n) is 5.72. The lowest BCUT2D eigenvalue weighted by atomic mass is 10.1. The molecule has 4 aromatic carbocycles. The Morgan fingerprint density at radius 1 is 0.971 bits per heavy atom. The van der Waals surface area contributed by atoms with Gasteiger partial charge >= 0.3 is 0 Å². The van der Waals surface area contributed by atoms with Crippen LogP contribution in [0.2, 0.25) is 0 Å². The SMILES string of the molecule is COc1cc(/C=C(/C#N)c2nc3ccc(C)cc3[nH]2)ccc1OCc1ccc2ccccc2c1. The van der Waals surface area contributed by atoms with E-state index in [-0.39, 0.29) is 0 Å². The molecule has 0 radical (unpaired) electrons. The van der Waals surface area contributed by atoms with E-state index in [1.807, 2.05) is 55.5 Å². The number of nitrogens with one attached hydrogen (secondary N) is 1. The number of methoxy groups -OCH3 is 1. The van der Waals surface area contributed by atoms with Crippen LogP contribution in [0.4, 0.5) is 0 Å². The molecule has 5 aromatic rings. The molecule has 0 aliphatic rings. The van der Waals surface area contributed by atoms with Gasteiger partial charge in [-0.15, -0.1) is 0 Å². The molecule has 5 heteroatoms. The molecule has 1 heterocycles. The first-order valence-corrected chi connectivity index (χ1v) is 11.0. The quantitative estimate of drug-likeness (QED) is 0.296. The van der Waals surface area contributed by atoms with Gasteiger partial charge in [0.15, 0.2) is 11.5 Å². The zero-order valence-corrected chi connectivity index (χ0v) is 19.0. The second-order valence-corrected chi connectivity index (χ2v) is 8.16. The summed E-state index contributed by atoms with van der Waals surface area (Å²) < 4.78 is 11.6. The van der Waals surface area contributed by atoms with Crippen molar-refractivity contribution in [3.05, 3.63) is 101 Å². The summed E-state index contributed by atoms with van der Waals surface area (Å²) >= 11 is 0. The smallest absolute Gasteiger partial charge is 0.161 e. The molecule has 0 unspecified atom stereocenters. The van der Waals surface area contributed by atoms with Gasteiger partial charge in [0.25, 0.3) is 0 Å². The Morgan fingerprint density at radius 2 is 1.82 bits per heavy atom. The van der Waals surface area contributed by atoms with E-state index in [0.29, 0.717) is 29.5 Å². The van der Waals surface area contributed by atoms with Gasteiger partial charge in [0, 0.05) is 0 Å². The van der Waals surface area contributed by atoms with E-state index in [9.17, 15) is 5.26 Å². The minimum atomic E-state index is 0.429. The van der Waals surface area contributed by atoms with Gasteiger partial charge in [-0.2, -0.15) is 5.26 Å². The van der Waals surface area contributed by atoms with Crippen LogP contribution in [0.3, 0.4) is 0 Å². The van der Waals surface area contributed by atoms with Crippen LogP contribution in [0.5, 0.6) is 11.5 Å². The van der Waals surface area contributed by atoms with E-state index in [1.54, 1.807) is 13.2 Å². The predicted octanol–water partition coefficient (Wildman–Crippen LogP) is 6.68. The van der Waals surface area contributed by atoms with E-state index in [1.165, 1.54) is 10.8 Å². The Hall–Kier alpha value is -4.56. The number of fused-ring (bicyclic) bond motifs is 2. The van der Waals surface area contributed by atoms with Crippen LogP contribution >= 0.6 is 0 Å². The molecule has 0 spiro atoms. The number of hydrogen-bond acceptors (Lipinski definition) is 4. The molecule has 5 rings (SSSR count). The van der Waals surface area contributed by atoms with Crippen LogP contribution < -0.4 is 9.47 Å². The first-order valence-electron chi connectivity index (χ1n) is 11.0. The molecular formula is C29H23N3O2. The minimum absolute atomic E-state index is 0.429. The van der Waals surface area contributed by atoms with Gasteiger partial charge in [-0.3, -0.25) is 0 Å². The fourth-order valence-corrected chi connectivity index (χ4v) is 3.95. The highest BCUT2D eigenvalue weighted by molar-refractivity contribution is 5.90. The highest BCUT2D eigenvalue weighted by Gasteiger charge is 2.10. The Bertz CT molecular complexity index is 1570. The number of H-pyrrole nitrogens is 1. The zero-order chi connectivity index (χ0) is 23.5. The molecule has 34 heavy (non-hydrogen) atoms. The van der Waals surface area contributed by atoms with Crippen LogP contribution in [0.1, 0.15) is 22.5 Å². The van der Waals surface area contributed by atoms with Gasteiger partial charge in [-0.25, -0.2) is 4.98 Å². The Labute approximate surface area is 197 Å². The highest BCUT2D eigenvalue weighted by atomic mass is 16.5. The largest absolute Gasteiger partial charge is 0.493 e. The average molecular weight is 446 g/mol. The number of aromatic nitrogens is 2. The van der Waals surface area contributed by atoms with E-state index in [0.717, 1.165) is 27.7 Å². The number of imidazole rings is 1. The second-order valence-electron chi connectivity index (χ2n) is 8.16. The van der Waals surface area contributed by atoms with Gasteiger partial charge in [-0.1, -0.05) is 48.5 Å². The highest BCUT2D eigenvalue weighted by Crippen LogP contribution is 2.31. The van der Waals surface area contributed by atoms with Gasteiger partial charge in [0.2, 0.25) is 0 Å². The summed E-state index contributed by atoms with van der Waals surface area (Å²) in [5.41, 5.74) is 5.22. The van der Waals surface area contributed by atoms with Crippen LogP contribution in [0.15, 0.2) is 78.9 Å². The monoisotopic (exact) mass is 445 g/mol. The fraction of sp³-hybridized carbons (Fsp3) is 0.103. The molecular weight excluding hydrogens is 422 g/mol. The lowest BCUT2D eigenvalue weighted by Gasteiger charge is -2.12. The summed E-state index contributed by atoms with van der Waals surface area (Å²) in [6, 6.07) is 28.4. The molecule has 0 saturated heterocycles. The second kappa shape index (κ2) is 9.13. The summed E-state index contributed by atoms with van der Waals surface area (Å²) in [5.74, 6) is 1.79. The number of rotatable bonds is 6. The van der Waals surface area contributed by atoms with Gasteiger partial charge in [0.1, 0.15) is 18.5 Å². The molecule has 1 N–H and O–H groups in total. The van der Waals surface area contributed by atoms with Crippen LogP contribution in [0.25, 0.3) is 33.5 Å². The number of benzene rings is 4. The average Bonchev–Trinajstić information content (AvgIpc) is 3.29. The number of aryl methyl sites for hydroxylation is 1. The van der Waals surface area contributed by atoms with Crippen molar-refractivity contribution in [1.29, 1.82) is 5.26 Å². The van der Waals surface area contributed by atoms with Crippen molar-refractivity contribution in [3.8, 4) is 17.6 Å². The number of aromatic amines is 1. The molecule has 0 aliphatic carbocycles. The van der Waals surface area contributed by atoms with Crippen molar-refractivity contribution in [1.82, 2.24) is 9.97 Å². The molecule has 0 saturated carbocycles. The summed E-state index contributed by atoms with van der Waals surface area (Å²) in [5, 5.41) is 12.1. The van der Waals surface area contributed by atoms with Crippen LogP contribution in [0, 0.1) is 18.3 Å². The van der Waals surface area contributed by atoms with E-state index in [4.69, 9.17) is 9.47 Å². The van der Waals surface area contributed by atoms with Gasteiger partial charge < -0.3 is 14.5 Å². The Balaban J connectivity index is 1.38. The molecule has 166 valence electrons. The third-order valence-corrected chi connectivity index (χ3v) is 5.72. The molecule has 0 atom stereocenters. The number of hydrogen-bond donors (Lipinski definition) is 1. The summed E-state index contributed by atoms with van der Waals surface area (Å²) in [6.07, 6.45) is 1.79. The Morgan fingerprint density at radius 3 is 2.65 bits per heavy atom. The lowest BCUT2D eigenvalue weighted by molar-refractivity contribution is 0.284. The lowest BCUT2D eigenvalue weighted by Crippen LogP contribution is -1.98. The normalized spacial score (nSPS) is 11.5. The fourth-order valence-electron chi connectivity index (χ4n) is 3.95. The van der Waals surface area contributed by atoms with Crippen molar-refractivity contribution in [2.75, 3.05) is 7.11 Å². The van der Waals surface area contributed by atoms with Crippen molar-refractivity contribution >= 4 is 33.5 Å². The maximum Gasteiger partial charge on any atom is 0.161 e. The number of ether oxygens (including phenoxy) is 2. The van der Waals surface area contributed by atoms with E-state index < -0.39 is 0 Å². The predicted molar refractivity (Wildman–Crippen MR) is 136 cm³/mol. The first-order chi connectivity index (χ1) is 16.6. The summed E-state index contributed by atoms with van der Waals surface area (Å²) in [4.78, 5) is 7.80. The topological polar surface area (TPSA) is 70.9 Å². The molecule has 0 fully saturated rings. The van der Waals surface area contributed by atoms with Crippen LogP contribution in [-0.4, -0.2) is 17.1 Å². The van der Waals surface area contributed by atoms with Gasteiger partial charge in [-0.05, 0) is 70.8 Å². The summed E-state index contributed by atoms with van der Waals surface area (Å²) in [6.45, 7) is 2.45. The van der Waals surface area contributed by atoms with Crippen molar-refractivity contribution in [2.45, 2.75) is 13.5 Å². The zero-order valence-electron chi connectivity index (χ0n) is 19.0. The van der Waals surface area contributed by atoms with Crippen molar-refractivity contribution < 1.29 is 9.47 Å². The van der Waals surface area contributed by atoms with Crippen molar-refractivity contribution in [2.24, 2.45) is 0 Å². The maximum absolute atomic E-state index is 9.75. The standard InChI is InChI=1S/C29H23N3O2/c1-19-7-11-25-26(13-19)32-29(31-25)24(17-30)14-20-9-12-27(28(16-20)33-2)34-18-21-8-10-22-5-3-4-6-23(22)15-21/h3-16H,18H2,1-2H3,(H,31,32)/b24-14-. The molecule has 0 amide bonds. The molecule has 0 aliphatic heterocycles. The summed E-state index contributed by atoms with van der Waals surface area (Å²) in [7, 11) is 1.61. The molecule has 0 bridgehead atoms. The van der Waals surface area contributed by atoms with Gasteiger partial charge in [0.05, 0.1) is 23.7 Å². The molecule has 1 aromatic heterocycles. The van der Waals surface area contributed by atoms with Crippen molar-refractivity contribution in [3.63, 3.8) is 0 Å². The number of allylic oxidation sites excluding steroid dienone is 1. The first kappa shape index (κ1) is 21.3.